The van der Waals surface area contributed by atoms with Crippen LogP contribution in [0.5, 0.6) is 0 Å². The zero-order valence-corrected chi connectivity index (χ0v) is 17.9. The molecule has 1 nitrogen and oxygen atoms in total. The van der Waals surface area contributed by atoms with E-state index in [2.05, 4.69) is 73.8 Å². The van der Waals surface area contributed by atoms with Gasteiger partial charge in [0.2, 0.25) is 0 Å². The minimum atomic E-state index is 0. The first-order chi connectivity index (χ1) is 13.2. The zero-order chi connectivity index (χ0) is 18.4. The number of halogens is 1. The minimum Gasteiger partial charge on any atom is -0.247 e. The van der Waals surface area contributed by atoms with E-state index in [-0.39, 0.29) is 12.4 Å². The van der Waals surface area contributed by atoms with Crippen molar-refractivity contribution >= 4 is 45.8 Å². The van der Waals surface area contributed by atoms with Crippen molar-refractivity contribution in [2.24, 2.45) is 5.92 Å². The molecule has 1 aliphatic rings. The molecule has 142 valence electrons. The molecule has 0 amide bonds. The fraction of sp³-hybridized carbons (Fsp3) is 0.240. The van der Waals surface area contributed by atoms with Gasteiger partial charge in [-0.25, -0.2) is 4.98 Å². The number of pyridine rings is 1. The van der Waals surface area contributed by atoms with Crippen molar-refractivity contribution in [3.05, 3.63) is 71.8 Å². The van der Waals surface area contributed by atoms with Crippen LogP contribution >= 0.6 is 24.2 Å². The van der Waals surface area contributed by atoms with Gasteiger partial charge in [0.15, 0.2) is 0 Å². The predicted molar refractivity (Wildman–Crippen MR) is 125 cm³/mol. The van der Waals surface area contributed by atoms with Crippen molar-refractivity contribution in [1.29, 1.82) is 0 Å². The molecule has 28 heavy (non-hydrogen) atoms. The van der Waals surface area contributed by atoms with Crippen molar-refractivity contribution in [3.8, 4) is 11.3 Å². The molecule has 0 radical (unpaired) electrons. The highest BCUT2D eigenvalue weighted by Crippen LogP contribution is 2.39. The maximum Gasteiger partial charge on any atom is 0.0744 e. The highest BCUT2D eigenvalue weighted by Gasteiger charge is 2.23. The third kappa shape index (κ3) is 3.19. The van der Waals surface area contributed by atoms with Crippen molar-refractivity contribution in [3.63, 3.8) is 0 Å². The molecule has 1 atom stereocenters. The highest BCUT2D eigenvalue weighted by atomic mass is 35.5. The van der Waals surface area contributed by atoms with E-state index in [1.165, 1.54) is 49.9 Å². The molecule has 1 aliphatic carbocycles. The second-order valence-electron chi connectivity index (χ2n) is 7.67. The molecule has 3 heteroatoms. The van der Waals surface area contributed by atoms with Gasteiger partial charge in [-0.05, 0) is 71.5 Å². The molecule has 0 N–H and O–H groups in total. The topological polar surface area (TPSA) is 12.9 Å². The van der Waals surface area contributed by atoms with E-state index in [9.17, 15) is 0 Å². The average molecular weight is 406 g/mol. The van der Waals surface area contributed by atoms with Crippen molar-refractivity contribution in [2.45, 2.75) is 31.1 Å². The number of fused-ring (bicyclic) bond motifs is 5. The number of hydrogen-bond acceptors (Lipinski definition) is 2. The first-order valence-electron chi connectivity index (χ1n) is 9.72. The van der Waals surface area contributed by atoms with Gasteiger partial charge in [-0.2, -0.15) is 0 Å². The van der Waals surface area contributed by atoms with Gasteiger partial charge < -0.3 is 0 Å². The van der Waals surface area contributed by atoms with Crippen LogP contribution in [0.25, 0.3) is 32.9 Å². The highest BCUT2D eigenvalue weighted by molar-refractivity contribution is 7.98. The quantitative estimate of drug-likeness (QED) is 0.256. The number of benzene rings is 3. The lowest BCUT2D eigenvalue weighted by Gasteiger charge is -2.26. The summed E-state index contributed by atoms with van der Waals surface area (Å²) in [6.45, 7) is 2.37. The van der Waals surface area contributed by atoms with Crippen molar-refractivity contribution in [1.82, 2.24) is 4.98 Å². The number of hydrogen-bond donors (Lipinski definition) is 0. The van der Waals surface area contributed by atoms with E-state index in [1.54, 1.807) is 11.8 Å². The molecule has 0 spiro atoms. The Kier molecular flexibility index (Phi) is 5.35. The summed E-state index contributed by atoms with van der Waals surface area (Å²) in [5, 5.41) is 4.03. The van der Waals surface area contributed by atoms with Gasteiger partial charge in [-0.1, -0.05) is 49.4 Å². The van der Waals surface area contributed by atoms with Crippen LogP contribution in [-0.4, -0.2) is 11.2 Å². The third-order valence-electron chi connectivity index (χ3n) is 5.89. The standard InChI is InChI=1S/C25H23NS.ClH/c1-16-7-13-21-22(15-16)25(18-8-11-19(27-2)12-9-18)26-23-14-10-17-5-3-4-6-20(17)24(21)23;/h3-6,8-12,14,16H,7,13,15H2,1-2H3;1H. The van der Waals surface area contributed by atoms with E-state index in [0.717, 1.165) is 24.3 Å². The van der Waals surface area contributed by atoms with Gasteiger partial charge in [0.05, 0.1) is 11.2 Å². The Labute approximate surface area is 177 Å². The van der Waals surface area contributed by atoms with Crippen LogP contribution in [0, 0.1) is 5.92 Å². The number of aryl methyl sites for hydroxylation is 1. The Hall–Kier alpha value is -2.03. The molecule has 1 heterocycles. The summed E-state index contributed by atoms with van der Waals surface area (Å²) in [5.74, 6) is 0.718. The Morgan fingerprint density at radius 3 is 2.50 bits per heavy atom. The number of aromatic nitrogens is 1. The molecule has 4 aromatic rings. The zero-order valence-electron chi connectivity index (χ0n) is 16.2. The molecule has 0 saturated carbocycles. The van der Waals surface area contributed by atoms with Crippen LogP contribution in [0.3, 0.4) is 0 Å². The first kappa shape index (κ1) is 19.3. The smallest absolute Gasteiger partial charge is 0.0744 e. The van der Waals surface area contributed by atoms with Gasteiger partial charge >= 0.3 is 0 Å². The van der Waals surface area contributed by atoms with Crippen molar-refractivity contribution in [2.75, 3.05) is 6.26 Å². The lowest BCUT2D eigenvalue weighted by atomic mass is 9.80. The van der Waals surface area contributed by atoms with Gasteiger partial charge in [0.1, 0.15) is 0 Å². The van der Waals surface area contributed by atoms with Crippen LogP contribution in [0.2, 0.25) is 0 Å². The van der Waals surface area contributed by atoms with Crippen LogP contribution < -0.4 is 0 Å². The lowest BCUT2D eigenvalue weighted by Crippen LogP contribution is -2.14. The Balaban J connectivity index is 0.00000192. The first-order valence-corrected chi connectivity index (χ1v) is 10.9. The molecule has 3 aromatic carbocycles. The maximum atomic E-state index is 5.19. The van der Waals surface area contributed by atoms with E-state index < -0.39 is 0 Å². The summed E-state index contributed by atoms with van der Waals surface area (Å²) in [4.78, 5) is 6.49. The van der Waals surface area contributed by atoms with E-state index >= 15 is 0 Å². The molecule has 5 rings (SSSR count). The Morgan fingerprint density at radius 2 is 1.71 bits per heavy atom. The van der Waals surface area contributed by atoms with E-state index in [1.807, 2.05) is 0 Å². The fourth-order valence-corrected chi connectivity index (χ4v) is 4.89. The molecule has 0 bridgehead atoms. The van der Waals surface area contributed by atoms with E-state index in [0.29, 0.717) is 0 Å². The molecule has 0 aliphatic heterocycles. The third-order valence-corrected chi connectivity index (χ3v) is 6.64. The van der Waals surface area contributed by atoms with Crippen LogP contribution in [0.1, 0.15) is 24.5 Å². The molecular formula is C25H24ClNS. The van der Waals surface area contributed by atoms with Crippen molar-refractivity contribution < 1.29 is 0 Å². The summed E-state index contributed by atoms with van der Waals surface area (Å²) >= 11 is 1.79. The second-order valence-corrected chi connectivity index (χ2v) is 8.55. The van der Waals surface area contributed by atoms with Gasteiger partial charge in [0, 0.05) is 15.8 Å². The molecule has 0 saturated heterocycles. The molecule has 1 aromatic heterocycles. The number of rotatable bonds is 2. The lowest BCUT2D eigenvalue weighted by molar-refractivity contribution is 0.503. The number of nitrogens with zero attached hydrogens (tertiary/aromatic N) is 1. The molecular weight excluding hydrogens is 382 g/mol. The average Bonchev–Trinajstić information content (AvgIpc) is 2.72. The summed E-state index contributed by atoms with van der Waals surface area (Å²) in [6.07, 6.45) is 5.67. The van der Waals surface area contributed by atoms with E-state index in [4.69, 9.17) is 4.98 Å². The largest absolute Gasteiger partial charge is 0.247 e. The fourth-order valence-electron chi connectivity index (χ4n) is 4.48. The molecule has 0 fully saturated rings. The summed E-state index contributed by atoms with van der Waals surface area (Å²) in [6, 6.07) is 22.1. The predicted octanol–water partition coefficient (Wildman–Crippen LogP) is 7.32. The number of thioether (sulfide) groups is 1. The second kappa shape index (κ2) is 7.77. The maximum absolute atomic E-state index is 5.19. The Morgan fingerprint density at radius 1 is 0.929 bits per heavy atom. The summed E-state index contributed by atoms with van der Waals surface area (Å²) in [7, 11) is 0. The summed E-state index contributed by atoms with van der Waals surface area (Å²) < 4.78 is 0. The normalized spacial score (nSPS) is 16.0. The minimum absolute atomic E-state index is 0. The van der Waals surface area contributed by atoms with Gasteiger partial charge in [-0.15, -0.1) is 24.2 Å². The van der Waals surface area contributed by atoms with Crippen LogP contribution in [0.15, 0.2) is 65.6 Å². The van der Waals surface area contributed by atoms with Gasteiger partial charge in [-0.3, -0.25) is 0 Å². The molecule has 1 unspecified atom stereocenters. The monoisotopic (exact) mass is 405 g/mol. The Bertz CT molecular complexity index is 1150. The SMILES string of the molecule is CSc1ccc(-c2nc3ccc4ccccc4c3c3c2CC(C)CC3)cc1.Cl. The van der Waals surface area contributed by atoms with Crippen LogP contribution in [-0.2, 0) is 12.8 Å². The summed E-state index contributed by atoms with van der Waals surface area (Å²) in [5.41, 5.74) is 6.56. The van der Waals surface area contributed by atoms with Gasteiger partial charge in [0.25, 0.3) is 0 Å². The van der Waals surface area contributed by atoms with Crippen LogP contribution in [0.4, 0.5) is 0 Å².